The number of carbonyl (C=O) groups excluding carboxylic acids is 1. The van der Waals surface area contributed by atoms with Crippen LogP contribution in [-0.2, 0) is 4.79 Å². The molecule has 2 aromatic carbocycles. The Morgan fingerprint density at radius 2 is 1.92 bits per heavy atom. The van der Waals surface area contributed by atoms with Gasteiger partial charge in [-0.25, -0.2) is 4.39 Å². The third-order valence-electron chi connectivity index (χ3n) is 3.34. The van der Waals surface area contributed by atoms with Crippen molar-refractivity contribution in [2.24, 2.45) is 5.73 Å². The normalized spacial score (nSPS) is 10.6. The summed E-state index contributed by atoms with van der Waals surface area (Å²) in [6.45, 7) is 1.49. The van der Waals surface area contributed by atoms with Crippen LogP contribution in [0.15, 0.2) is 47.0 Å². The van der Waals surface area contributed by atoms with Crippen molar-refractivity contribution in [2.75, 3.05) is 6.61 Å². The third-order valence-corrected chi connectivity index (χ3v) is 3.34. The van der Waals surface area contributed by atoms with Crippen LogP contribution in [0.3, 0.4) is 0 Å². The molecule has 24 heavy (non-hydrogen) atoms. The number of halogens is 1. The maximum absolute atomic E-state index is 13.6. The van der Waals surface area contributed by atoms with Crippen molar-refractivity contribution < 1.29 is 18.4 Å². The van der Waals surface area contributed by atoms with Crippen molar-refractivity contribution in [3.8, 4) is 28.6 Å². The largest absolute Gasteiger partial charge is 0.484 e. The van der Waals surface area contributed by atoms with Crippen molar-refractivity contribution in [3.63, 3.8) is 0 Å². The second-order valence-electron chi connectivity index (χ2n) is 5.17. The van der Waals surface area contributed by atoms with Crippen LogP contribution in [0.5, 0.6) is 5.75 Å². The molecular formula is C17H14FN3O3. The van der Waals surface area contributed by atoms with Crippen LogP contribution in [0.1, 0.15) is 5.56 Å². The second kappa shape index (κ2) is 6.49. The van der Waals surface area contributed by atoms with Crippen molar-refractivity contribution in [3.05, 3.63) is 53.8 Å². The molecule has 1 heterocycles. The maximum atomic E-state index is 13.6. The first kappa shape index (κ1) is 15.7. The molecule has 122 valence electrons. The maximum Gasteiger partial charge on any atom is 0.258 e. The van der Waals surface area contributed by atoms with Gasteiger partial charge in [0.2, 0.25) is 5.82 Å². The molecule has 0 aliphatic rings. The minimum absolute atomic E-state index is 0.191. The standard InChI is InChI=1S/C17H14FN3O3/c1-10-2-3-12(8-14(10)18)16-20-17(24-21-16)11-4-6-13(7-5-11)23-9-15(19)22/h2-8H,9H2,1H3,(H2,19,22). The monoisotopic (exact) mass is 327 g/mol. The third kappa shape index (κ3) is 3.40. The molecule has 0 bridgehead atoms. The number of rotatable bonds is 5. The molecule has 0 saturated heterocycles. The molecule has 1 amide bonds. The summed E-state index contributed by atoms with van der Waals surface area (Å²) in [5.74, 6) is 0.226. The van der Waals surface area contributed by atoms with Crippen LogP contribution in [0.2, 0.25) is 0 Å². The molecule has 0 unspecified atom stereocenters. The van der Waals surface area contributed by atoms with E-state index in [4.69, 9.17) is 15.0 Å². The van der Waals surface area contributed by atoms with E-state index in [0.29, 0.717) is 34.2 Å². The Balaban J connectivity index is 1.80. The first-order valence-electron chi connectivity index (χ1n) is 7.15. The zero-order chi connectivity index (χ0) is 17.1. The van der Waals surface area contributed by atoms with Gasteiger partial charge in [-0.3, -0.25) is 4.79 Å². The number of ether oxygens (including phenoxy) is 1. The highest BCUT2D eigenvalue weighted by Gasteiger charge is 2.12. The summed E-state index contributed by atoms with van der Waals surface area (Å²) < 4.78 is 24.0. The summed E-state index contributed by atoms with van der Waals surface area (Å²) in [6, 6.07) is 11.5. The van der Waals surface area contributed by atoms with Crippen LogP contribution in [-0.4, -0.2) is 22.7 Å². The van der Waals surface area contributed by atoms with Gasteiger partial charge < -0.3 is 15.0 Å². The van der Waals surface area contributed by atoms with E-state index in [1.54, 1.807) is 43.3 Å². The molecule has 2 N–H and O–H groups in total. The van der Waals surface area contributed by atoms with Gasteiger partial charge in [-0.05, 0) is 42.8 Å². The number of primary amides is 1. The topological polar surface area (TPSA) is 91.2 Å². The van der Waals surface area contributed by atoms with Gasteiger partial charge in [0, 0.05) is 11.1 Å². The summed E-state index contributed by atoms with van der Waals surface area (Å²) >= 11 is 0. The van der Waals surface area contributed by atoms with Gasteiger partial charge in [-0.15, -0.1) is 0 Å². The lowest BCUT2D eigenvalue weighted by molar-refractivity contribution is -0.119. The molecule has 0 aliphatic heterocycles. The van der Waals surface area contributed by atoms with Gasteiger partial charge in [-0.1, -0.05) is 17.3 Å². The molecule has 0 saturated carbocycles. The number of carbonyl (C=O) groups is 1. The zero-order valence-corrected chi connectivity index (χ0v) is 12.8. The first-order valence-corrected chi connectivity index (χ1v) is 7.15. The van der Waals surface area contributed by atoms with E-state index in [-0.39, 0.29) is 12.4 Å². The lowest BCUT2D eigenvalue weighted by Gasteiger charge is -2.03. The van der Waals surface area contributed by atoms with Gasteiger partial charge in [0.15, 0.2) is 6.61 Å². The summed E-state index contributed by atoms with van der Waals surface area (Å²) in [6.07, 6.45) is 0. The van der Waals surface area contributed by atoms with Gasteiger partial charge in [-0.2, -0.15) is 4.98 Å². The molecule has 0 spiro atoms. The number of nitrogens with two attached hydrogens (primary N) is 1. The average molecular weight is 327 g/mol. The van der Waals surface area contributed by atoms with Crippen molar-refractivity contribution >= 4 is 5.91 Å². The molecule has 6 nitrogen and oxygen atoms in total. The Morgan fingerprint density at radius 1 is 1.21 bits per heavy atom. The molecule has 1 aromatic heterocycles. The average Bonchev–Trinajstić information content (AvgIpc) is 3.06. The van der Waals surface area contributed by atoms with Gasteiger partial charge in [0.25, 0.3) is 11.8 Å². The molecule has 7 heteroatoms. The highest BCUT2D eigenvalue weighted by molar-refractivity contribution is 5.75. The molecule has 0 atom stereocenters. The zero-order valence-electron chi connectivity index (χ0n) is 12.8. The lowest BCUT2D eigenvalue weighted by Crippen LogP contribution is -2.19. The van der Waals surface area contributed by atoms with Crippen molar-refractivity contribution in [2.45, 2.75) is 6.92 Å². The molecule has 0 fully saturated rings. The van der Waals surface area contributed by atoms with E-state index < -0.39 is 5.91 Å². The van der Waals surface area contributed by atoms with E-state index in [0.717, 1.165) is 0 Å². The van der Waals surface area contributed by atoms with E-state index in [1.807, 2.05) is 0 Å². The van der Waals surface area contributed by atoms with E-state index >= 15 is 0 Å². The molecule has 0 radical (unpaired) electrons. The molecule has 3 rings (SSSR count). The minimum atomic E-state index is -0.550. The Bertz CT molecular complexity index is 875. The van der Waals surface area contributed by atoms with Crippen LogP contribution in [0.25, 0.3) is 22.8 Å². The van der Waals surface area contributed by atoms with Crippen LogP contribution < -0.4 is 10.5 Å². The van der Waals surface area contributed by atoms with Crippen molar-refractivity contribution in [1.82, 2.24) is 10.1 Å². The Kier molecular flexibility index (Phi) is 4.24. The van der Waals surface area contributed by atoms with Crippen LogP contribution >= 0.6 is 0 Å². The van der Waals surface area contributed by atoms with E-state index in [1.165, 1.54) is 6.07 Å². The number of hydrogen-bond donors (Lipinski definition) is 1. The van der Waals surface area contributed by atoms with Gasteiger partial charge in [0.05, 0.1) is 0 Å². The summed E-state index contributed by atoms with van der Waals surface area (Å²) in [4.78, 5) is 14.9. The molecular weight excluding hydrogens is 313 g/mol. The lowest BCUT2D eigenvalue weighted by atomic mass is 10.1. The number of benzene rings is 2. The van der Waals surface area contributed by atoms with Gasteiger partial charge >= 0.3 is 0 Å². The number of amides is 1. The highest BCUT2D eigenvalue weighted by Crippen LogP contribution is 2.25. The Hall–Kier alpha value is -3.22. The molecule has 3 aromatic rings. The second-order valence-corrected chi connectivity index (χ2v) is 5.17. The fraction of sp³-hybridized carbons (Fsp3) is 0.118. The van der Waals surface area contributed by atoms with E-state index in [2.05, 4.69) is 10.1 Å². The smallest absolute Gasteiger partial charge is 0.258 e. The number of hydrogen-bond acceptors (Lipinski definition) is 5. The Morgan fingerprint density at radius 3 is 2.58 bits per heavy atom. The Labute approximate surface area is 137 Å². The number of nitrogens with zero attached hydrogens (tertiary/aromatic N) is 2. The SMILES string of the molecule is Cc1ccc(-c2noc(-c3ccc(OCC(N)=O)cc3)n2)cc1F. The summed E-state index contributed by atoms with van der Waals surface area (Å²) in [5, 5.41) is 3.87. The fourth-order valence-corrected chi connectivity index (χ4v) is 2.04. The summed E-state index contributed by atoms with van der Waals surface area (Å²) in [5.41, 5.74) is 6.78. The summed E-state index contributed by atoms with van der Waals surface area (Å²) in [7, 11) is 0. The number of aryl methyl sites for hydroxylation is 1. The minimum Gasteiger partial charge on any atom is -0.484 e. The van der Waals surface area contributed by atoms with Crippen molar-refractivity contribution in [1.29, 1.82) is 0 Å². The first-order chi connectivity index (χ1) is 11.5. The predicted octanol–water partition coefficient (Wildman–Crippen LogP) is 2.72. The predicted molar refractivity (Wildman–Crippen MR) is 84.6 cm³/mol. The highest BCUT2D eigenvalue weighted by atomic mass is 19.1. The molecule has 0 aliphatic carbocycles. The van der Waals surface area contributed by atoms with Gasteiger partial charge in [0.1, 0.15) is 11.6 Å². The van der Waals surface area contributed by atoms with Crippen LogP contribution in [0, 0.1) is 12.7 Å². The quantitative estimate of drug-likeness (QED) is 0.778. The van der Waals surface area contributed by atoms with Crippen LogP contribution in [0.4, 0.5) is 4.39 Å². The van der Waals surface area contributed by atoms with E-state index in [9.17, 15) is 9.18 Å². The number of aromatic nitrogens is 2. The fourth-order valence-electron chi connectivity index (χ4n) is 2.04.